The van der Waals surface area contributed by atoms with Gasteiger partial charge in [0.05, 0.1) is 12.1 Å². The normalized spacial score (nSPS) is 9.95. The summed E-state index contributed by atoms with van der Waals surface area (Å²) in [5.41, 5.74) is 1.45. The minimum absolute atomic E-state index is 0.0642. The van der Waals surface area contributed by atoms with Crippen LogP contribution in [0.1, 0.15) is 15.9 Å². The van der Waals surface area contributed by atoms with Gasteiger partial charge in [-0.2, -0.15) is 0 Å². The zero-order chi connectivity index (χ0) is 15.1. The van der Waals surface area contributed by atoms with Gasteiger partial charge < -0.3 is 10.6 Å². The third-order valence-electron chi connectivity index (χ3n) is 2.77. The Bertz CT molecular complexity index is 632. The summed E-state index contributed by atoms with van der Waals surface area (Å²) >= 11 is 3.30. The first-order valence-electron chi connectivity index (χ1n) is 6.35. The highest BCUT2D eigenvalue weighted by Crippen LogP contribution is 2.15. The number of aromatic nitrogens is 1. The van der Waals surface area contributed by atoms with Crippen LogP contribution >= 0.6 is 15.9 Å². The highest BCUT2D eigenvalue weighted by Gasteiger charge is 2.10. The molecule has 0 atom stereocenters. The average molecular weight is 348 g/mol. The molecule has 0 saturated carbocycles. The predicted molar refractivity (Wildman–Crippen MR) is 82.6 cm³/mol. The molecular weight excluding hydrogens is 334 g/mol. The Morgan fingerprint density at radius 2 is 1.76 bits per heavy atom. The van der Waals surface area contributed by atoms with Crippen LogP contribution in [0, 0.1) is 0 Å². The van der Waals surface area contributed by atoms with Gasteiger partial charge in [-0.05, 0) is 45.8 Å². The molecule has 1 aromatic heterocycles. The first-order valence-corrected chi connectivity index (χ1v) is 7.14. The highest BCUT2D eigenvalue weighted by molar-refractivity contribution is 9.10. The number of carbonyl (C=O) groups is 2. The Morgan fingerprint density at radius 3 is 2.48 bits per heavy atom. The minimum Gasteiger partial charge on any atom is -0.350 e. The Hall–Kier alpha value is -2.21. The fourth-order valence-corrected chi connectivity index (χ4v) is 2.13. The van der Waals surface area contributed by atoms with Gasteiger partial charge in [0.1, 0.15) is 0 Å². The van der Waals surface area contributed by atoms with Crippen molar-refractivity contribution in [2.24, 2.45) is 0 Å². The largest absolute Gasteiger partial charge is 0.350 e. The van der Waals surface area contributed by atoms with Crippen molar-refractivity contribution in [1.82, 2.24) is 15.6 Å². The number of halogens is 1. The van der Waals surface area contributed by atoms with E-state index in [9.17, 15) is 9.59 Å². The minimum atomic E-state index is -0.290. The monoisotopic (exact) mass is 347 g/mol. The van der Waals surface area contributed by atoms with Crippen LogP contribution in [0.4, 0.5) is 0 Å². The van der Waals surface area contributed by atoms with E-state index in [2.05, 4.69) is 31.5 Å². The quantitative estimate of drug-likeness (QED) is 0.867. The first kappa shape index (κ1) is 15.2. The van der Waals surface area contributed by atoms with E-state index < -0.39 is 0 Å². The predicted octanol–water partition coefficient (Wildman–Crippen LogP) is 1.89. The molecule has 5 nitrogen and oxygen atoms in total. The third-order valence-corrected chi connectivity index (χ3v) is 3.46. The van der Waals surface area contributed by atoms with E-state index in [-0.39, 0.29) is 18.4 Å². The molecule has 0 unspecified atom stereocenters. The maximum absolute atomic E-state index is 11.9. The molecule has 0 fully saturated rings. The molecule has 1 heterocycles. The van der Waals surface area contributed by atoms with Gasteiger partial charge in [0, 0.05) is 23.4 Å². The standard InChI is InChI=1S/C15H14BrN3O2/c16-13-4-2-1-3-12(13)15(21)19-10-14(20)18-9-11-5-7-17-8-6-11/h1-8H,9-10H2,(H,18,20)(H,19,21). The maximum Gasteiger partial charge on any atom is 0.252 e. The summed E-state index contributed by atoms with van der Waals surface area (Å²) in [5, 5.41) is 5.31. The first-order chi connectivity index (χ1) is 10.2. The van der Waals surface area contributed by atoms with Gasteiger partial charge in [-0.1, -0.05) is 12.1 Å². The molecule has 6 heteroatoms. The van der Waals surface area contributed by atoms with Crippen LogP contribution in [-0.2, 0) is 11.3 Å². The highest BCUT2D eigenvalue weighted by atomic mass is 79.9. The zero-order valence-electron chi connectivity index (χ0n) is 11.2. The van der Waals surface area contributed by atoms with Gasteiger partial charge in [0.2, 0.25) is 5.91 Å². The van der Waals surface area contributed by atoms with Gasteiger partial charge >= 0.3 is 0 Å². The second kappa shape index (κ2) is 7.54. The number of hydrogen-bond donors (Lipinski definition) is 2. The van der Waals surface area contributed by atoms with Crippen LogP contribution in [0.3, 0.4) is 0 Å². The summed E-state index contributed by atoms with van der Waals surface area (Å²) in [6, 6.07) is 10.7. The Balaban J connectivity index is 1.79. The van der Waals surface area contributed by atoms with E-state index in [0.717, 1.165) is 5.56 Å². The molecule has 2 aromatic rings. The number of nitrogens with one attached hydrogen (secondary N) is 2. The lowest BCUT2D eigenvalue weighted by Crippen LogP contribution is -2.36. The summed E-state index contributed by atoms with van der Waals surface area (Å²) in [6.45, 7) is 0.345. The molecule has 0 bridgehead atoms. The molecule has 0 aliphatic carbocycles. The Kier molecular flexibility index (Phi) is 5.45. The lowest BCUT2D eigenvalue weighted by atomic mass is 10.2. The number of rotatable bonds is 5. The van der Waals surface area contributed by atoms with Crippen LogP contribution in [0.2, 0.25) is 0 Å². The van der Waals surface area contributed by atoms with E-state index >= 15 is 0 Å². The second-order valence-corrected chi connectivity index (χ2v) is 5.15. The summed E-state index contributed by atoms with van der Waals surface area (Å²) in [7, 11) is 0. The topological polar surface area (TPSA) is 71.1 Å². The van der Waals surface area contributed by atoms with Crippen molar-refractivity contribution >= 4 is 27.7 Å². The molecule has 108 valence electrons. The van der Waals surface area contributed by atoms with Crippen molar-refractivity contribution in [1.29, 1.82) is 0 Å². The summed E-state index contributed by atoms with van der Waals surface area (Å²) in [5.74, 6) is -0.534. The maximum atomic E-state index is 11.9. The van der Waals surface area contributed by atoms with E-state index in [4.69, 9.17) is 0 Å². The fourth-order valence-electron chi connectivity index (χ4n) is 1.66. The summed E-state index contributed by atoms with van der Waals surface area (Å²) in [6.07, 6.45) is 3.33. The molecule has 2 rings (SSSR count). The van der Waals surface area contributed by atoms with E-state index in [0.29, 0.717) is 16.6 Å². The molecule has 0 aliphatic rings. The number of hydrogen-bond acceptors (Lipinski definition) is 3. The van der Waals surface area contributed by atoms with Crippen LogP contribution < -0.4 is 10.6 Å². The molecule has 2 amide bonds. The molecule has 0 aliphatic heterocycles. The van der Waals surface area contributed by atoms with Crippen LogP contribution in [0.25, 0.3) is 0 Å². The Labute approximate surface area is 130 Å². The zero-order valence-corrected chi connectivity index (χ0v) is 12.8. The van der Waals surface area contributed by atoms with Crippen LogP contribution in [-0.4, -0.2) is 23.3 Å². The van der Waals surface area contributed by atoms with Crippen LogP contribution in [0.15, 0.2) is 53.3 Å². The van der Waals surface area contributed by atoms with Crippen LogP contribution in [0.5, 0.6) is 0 Å². The lowest BCUT2D eigenvalue weighted by molar-refractivity contribution is -0.120. The van der Waals surface area contributed by atoms with E-state index in [1.54, 1.807) is 30.6 Å². The third kappa shape index (κ3) is 4.68. The number of carbonyl (C=O) groups excluding carboxylic acids is 2. The summed E-state index contributed by atoms with van der Waals surface area (Å²) < 4.78 is 0.694. The summed E-state index contributed by atoms with van der Waals surface area (Å²) in [4.78, 5) is 27.5. The molecule has 21 heavy (non-hydrogen) atoms. The van der Waals surface area contributed by atoms with Crippen molar-refractivity contribution in [2.75, 3.05) is 6.54 Å². The molecule has 0 radical (unpaired) electrons. The van der Waals surface area contributed by atoms with E-state index in [1.165, 1.54) is 0 Å². The molecular formula is C15H14BrN3O2. The molecule has 0 spiro atoms. The molecule has 0 saturated heterocycles. The molecule has 1 aromatic carbocycles. The molecule has 2 N–H and O–H groups in total. The number of amides is 2. The lowest BCUT2D eigenvalue weighted by Gasteiger charge is -2.08. The number of benzene rings is 1. The fraction of sp³-hybridized carbons (Fsp3) is 0.133. The average Bonchev–Trinajstić information content (AvgIpc) is 2.52. The van der Waals surface area contributed by atoms with Gasteiger partial charge in [-0.15, -0.1) is 0 Å². The van der Waals surface area contributed by atoms with Gasteiger partial charge in [0.15, 0.2) is 0 Å². The van der Waals surface area contributed by atoms with Crippen molar-refractivity contribution in [3.05, 3.63) is 64.4 Å². The Morgan fingerprint density at radius 1 is 1.05 bits per heavy atom. The van der Waals surface area contributed by atoms with Crippen molar-refractivity contribution in [3.63, 3.8) is 0 Å². The van der Waals surface area contributed by atoms with Crippen molar-refractivity contribution < 1.29 is 9.59 Å². The van der Waals surface area contributed by atoms with Crippen molar-refractivity contribution in [2.45, 2.75) is 6.54 Å². The number of pyridine rings is 1. The van der Waals surface area contributed by atoms with Gasteiger partial charge in [0.25, 0.3) is 5.91 Å². The van der Waals surface area contributed by atoms with Gasteiger partial charge in [-0.3, -0.25) is 14.6 Å². The van der Waals surface area contributed by atoms with Gasteiger partial charge in [-0.25, -0.2) is 0 Å². The van der Waals surface area contributed by atoms with E-state index in [1.807, 2.05) is 18.2 Å². The SMILES string of the molecule is O=C(CNC(=O)c1ccccc1Br)NCc1ccncc1. The smallest absolute Gasteiger partial charge is 0.252 e. The number of nitrogens with zero attached hydrogens (tertiary/aromatic N) is 1. The second-order valence-electron chi connectivity index (χ2n) is 4.29. The van der Waals surface area contributed by atoms with Crippen molar-refractivity contribution in [3.8, 4) is 0 Å².